The Morgan fingerprint density at radius 2 is 1.65 bits per heavy atom. The molecule has 1 unspecified atom stereocenters. The van der Waals surface area contributed by atoms with Gasteiger partial charge in [0.15, 0.2) is 6.10 Å². The van der Waals surface area contributed by atoms with Gasteiger partial charge in [-0.1, -0.05) is 18.2 Å². The summed E-state index contributed by atoms with van der Waals surface area (Å²) >= 11 is 0. The average molecular weight is 373 g/mol. The summed E-state index contributed by atoms with van der Waals surface area (Å²) < 4.78 is 41.8. The molecule has 0 aliphatic rings. The van der Waals surface area contributed by atoms with Gasteiger partial charge in [-0.25, -0.2) is 18.4 Å². The Morgan fingerprint density at radius 1 is 1.08 bits per heavy atom. The summed E-state index contributed by atoms with van der Waals surface area (Å²) in [7, 11) is 0. The fourth-order valence-electron chi connectivity index (χ4n) is 1.91. The second-order valence-corrected chi connectivity index (χ2v) is 6.74. The number of alkyl carbamates (subject to hydrolysis) is 1. The lowest BCUT2D eigenvalue weighted by atomic mass is 10.2. The summed E-state index contributed by atoms with van der Waals surface area (Å²) in [6, 6.07) is 7.19. The molecule has 0 fully saturated rings. The Bertz CT molecular complexity index is 589. The maximum absolute atomic E-state index is 13.3. The fraction of sp³-hybridized carbons (Fsp3) is 0.556. The molecule has 0 heterocycles. The predicted octanol–water partition coefficient (Wildman–Crippen LogP) is 3.54. The lowest BCUT2D eigenvalue weighted by molar-refractivity contribution is -0.167. The number of halogens is 2. The first-order valence-corrected chi connectivity index (χ1v) is 8.19. The van der Waals surface area contributed by atoms with Crippen molar-refractivity contribution < 1.29 is 32.6 Å². The van der Waals surface area contributed by atoms with E-state index in [2.05, 4.69) is 5.32 Å². The molecule has 1 N–H and O–H groups in total. The van der Waals surface area contributed by atoms with E-state index in [1.165, 1.54) is 13.8 Å². The van der Waals surface area contributed by atoms with Crippen molar-refractivity contribution in [3.05, 3.63) is 30.3 Å². The molecular weight excluding hydrogens is 348 g/mol. The highest BCUT2D eigenvalue weighted by Gasteiger charge is 2.34. The molecule has 3 atom stereocenters. The van der Waals surface area contributed by atoms with E-state index in [0.29, 0.717) is 5.75 Å². The van der Waals surface area contributed by atoms with Gasteiger partial charge in [-0.2, -0.15) is 0 Å². The van der Waals surface area contributed by atoms with Crippen LogP contribution in [-0.2, 0) is 14.3 Å². The van der Waals surface area contributed by atoms with Gasteiger partial charge in [-0.15, -0.1) is 0 Å². The number of benzene rings is 1. The van der Waals surface area contributed by atoms with E-state index in [4.69, 9.17) is 14.2 Å². The van der Waals surface area contributed by atoms with Crippen LogP contribution in [0.3, 0.4) is 0 Å². The quantitative estimate of drug-likeness (QED) is 0.740. The Labute approximate surface area is 151 Å². The van der Waals surface area contributed by atoms with Crippen molar-refractivity contribution in [1.82, 2.24) is 5.32 Å². The molecule has 0 aliphatic heterocycles. The van der Waals surface area contributed by atoms with E-state index in [1.807, 2.05) is 0 Å². The van der Waals surface area contributed by atoms with Gasteiger partial charge in [0.05, 0.1) is 0 Å². The first-order chi connectivity index (χ1) is 12.0. The van der Waals surface area contributed by atoms with Crippen molar-refractivity contribution in [3.8, 4) is 5.75 Å². The van der Waals surface area contributed by atoms with Gasteiger partial charge in [0, 0.05) is 0 Å². The first kappa shape index (κ1) is 21.7. The van der Waals surface area contributed by atoms with Crippen molar-refractivity contribution >= 4 is 12.1 Å². The second kappa shape index (κ2) is 9.35. The van der Waals surface area contributed by atoms with E-state index in [0.717, 1.165) is 0 Å². The minimum Gasteiger partial charge on any atom is -0.487 e. The van der Waals surface area contributed by atoms with E-state index in [1.54, 1.807) is 51.1 Å². The molecule has 1 amide bonds. The first-order valence-electron chi connectivity index (χ1n) is 8.19. The van der Waals surface area contributed by atoms with Crippen molar-refractivity contribution in [2.45, 2.75) is 64.9 Å². The number of esters is 1. The summed E-state index contributed by atoms with van der Waals surface area (Å²) in [4.78, 5) is 23.7. The van der Waals surface area contributed by atoms with Crippen molar-refractivity contribution in [1.29, 1.82) is 0 Å². The molecule has 6 nitrogen and oxygen atoms in total. The van der Waals surface area contributed by atoms with Crippen LogP contribution < -0.4 is 10.1 Å². The minimum absolute atomic E-state index is 0.377. The molecule has 26 heavy (non-hydrogen) atoms. The summed E-state index contributed by atoms with van der Waals surface area (Å²) in [5, 5.41) is 2.25. The highest BCUT2D eigenvalue weighted by Crippen LogP contribution is 2.18. The zero-order valence-electron chi connectivity index (χ0n) is 15.5. The van der Waals surface area contributed by atoms with Crippen LogP contribution >= 0.6 is 0 Å². The van der Waals surface area contributed by atoms with Gasteiger partial charge >= 0.3 is 12.1 Å². The van der Waals surface area contributed by atoms with Crippen LogP contribution in [0.1, 0.15) is 34.6 Å². The molecule has 8 heteroatoms. The number of alkyl halides is 2. The zero-order chi connectivity index (χ0) is 19.9. The molecule has 146 valence electrons. The third-order valence-electron chi connectivity index (χ3n) is 3.12. The molecule has 0 spiro atoms. The van der Waals surface area contributed by atoms with Gasteiger partial charge in [0.2, 0.25) is 0 Å². The standard InChI is InChI=1S/C18H25F2NO5/c1-11(21-17(23)26-18(3,4)5)16(22)25-14(15(19)20)12(2)24-13-9-7-6-8-10-13/h6-12,14-15H,1-5H3,(H,21,23)/t11-,12-,14?/m0/s1. The maximum Gasteiger partial charge on any atom is 0.408 e. The lowest BCUT2D eigenvalue weighted by Gasteiger charge is -2.26. The summed E-state index contributed by atoms with van der Waals surface area (Å²) in [6.45, 7) is 7.67. The van der Waals surface area contributed by atoms with Gasteiger partial charge < -0.3 is 19.5 Å². The smallest absolute Gasteiger partial charge is 0.408 e. The third-order valence-corrected chi connectivity index (χ3v) is 3.12. The number of hydrogen-bond acceptors (Lipinski definition) is 5. The summed E-state index contributed by atoms with van der Waals surface area (Å²) in [6.07, 6.45) is -6.67. The number of nitrogens with one attached hydrogen (secondary N) is 1. The molecule has 0 saturated carbocycles. The maximum atomic E-state index is 13.3. The molecular formula is C18H25F2NO5. The summed E-state index contributed by atoms with van der Waals surface area (Å²) in [5.41, 5.74) is -0.753. The van der Waals surface area contributed by atoms with Crippen LogP contribution in [0, 0.1) is 0 Å². The molecule has 0 radical (unpaired) electrons. The number of amides is 1. The van der Waals surface area contributed by atoms with Crippen LogP contribution in [0.25, 0.3) is 0 Å². The van der Waals surface area contributed by atoms with E-state index < -0.39 is 42.3 Å². The SMILES string of the molecule is C[C@H](NC(=O)OC(C)(C)C)C(=O)OC(C(F)F)[C@H](C)Oc1ccccc1. The van der Waals surface area contributed by atoms with E-state index in [-0.39, 0.29) is 0 Å². The Kier molecular flexibility index (Phi) is 7.79. The second-order valence-electron chi connectivity index (χ2n) is 6.74. The average Bonchev–Trinajstić information content (AvgIpc) is 2.50. The molecule has 1 aromatic rings. The Balaban J connectivity index is 2.65. The number of para-hydroxylation sites is 1. The molecule has 0 saturated heterocycles. The fourth-order valence-corrected chi connectivity index (χ4v) is 1.91. The normalized spacial score (nSPS) is 14.9. The highest BCUT2D eigenvalue weighted by atomic mass is 19.3. The molecule has 1 rings (SSSR count). The monoisotopic (exact) mass is 373 g/mol. The minimum atomic E-state index is -2.95. The number of carbonyl (C=O) groups excluding carboxylic acids is 2. The van der Waals surface area contributed by atoms with E-state index >= 15 is 0 Å². The van der Waals surface area contributed by atoms with Crippen LogP contribution in [0.5, 0.6) is 5.75 Å². The highest BCUT2D eigenvalue weighted by molar-refractivity contribution is 5.81. The van der Waals surface area contributed by atoms with Crippen molar-refractivity contribution in [3.63, 3.8) is 0 Å². The van der Waals surface area contributed by atoms with Gasteiger partial charge in [-0.3, -0.25) is 0 Å². The number of hydrogen-bond donors (Lipinski definition) is 1. The van der Waals surface area contributed by atoms with Crippen LogP contribution in [0.2, 0.25) is 0 Å². The Morgan fingerprint density at radius 3 is 2.15 bits per heavy atom. The number of ether oxygens (including phenoxy) is 3. The van der Waals surface area contributed by atoms with Crippen LogP contribution in [-0.4, -0.2) is 42.3 Å². The van der Waals surface area contributed by atoms with Gasteiger partial charge in [0.1, 0.15) is 23.5 Å². The van der Waals surface area contributed by atoms with Gasteiger partial charge in [-0.05, 0) is 46.8 Å². The molecule has 0 aromatic heterocycles. The van der Waals surface area contributed by atoms with Gasteiger partial charge in [0.25, 0.3) is 6.43 Å². The topological polar surface area (TPSA) is 73.9 Å². The zero-order valence-corrected chi connectivity index (χ0v) is 15.5. The molecule has 1 aromatic carbocycles. The van der Waals surface area contributed by atoms with E-state index in [9.17, 15) is 18.4 Å². The number of carbonyl (C=O) groups is 2. The third kappa shape index (κ3) is 7.67. The largest absolute Gasteiger partial charge is 0.487 e. The van der Waals surface area contributed by atoms with Crippen molar-refractivity contribution in [2.24, 2.45) is 0 Å². The molecule has 0 aliphatic carbocycles. The number of rotatable bonds is 7. The van der Waals surface area contributed by atoms with Crippen LogP contribution in [0.4, 0.5) is 13.6 Å². The van der Waals surface area contributed by atoms with Crippen molar-refractivity contribution in [2.75, 3.05) is 0 Å². The molecule has 0 bridgehead atoms. The van der Waals surface area contributed by atoms with Crippen LogP contribution in [0.15, 0.2) is 30.3 Å². The lowest BCUT2D eigenvalue weighted by Crippen LogP contribution is -2.46. The summed E-state index contributed by atoms with van der Waals surface area (Å²) in [5.74, 6) is -0.633. The predicted molar refractivity (Wildman–Crippen MR) is 91.2 cm³/mol. The Hall–Kier alpha value is -2.38.